The molecule has 1 aliphatic carbocycles. The quantitative estimate of drug-likeness (QED) is 0.0574. The number of benzene rings is 5. The SMILES string of the molecule is CC[C@H](C)[C@H](NC(=O)[C@H](Cc1ccccc1)NC(=O)[C@@H]1CCCN1C(=O)[C@H](Cc1ccccc1)NC(=O)OCC1c2ccccc2-c2ccccc21)C(=O)N[C@@H](Cc1ccccc1)C(=O)N1CCC[C@H]1C(=O)OC(C)(C)C. The van der Waals surface area contributed by atoms with Crippen molar-refractivity contribution in [2.24, 2.45) is 5.92 Å². The van der Waals surface area contributed by atoms with Crippen LogP contribution in [0.5, 0.6) is 0 Å². The number of nitrogens with one attached hydrogen (secondary N) is 4. The van der Waals surface area contributed by atoms with Gasteiger partial charge in [-0.1, -0.05) is 160 Å². The third-order valence-corrected chi connectivity index (χ3v) is 14.9. The summed E-state index contributed by atoms with van der Waals surface area (Å²) in [6.07, 6.45) is 1.84. The third kappa shape index (κ3) is 14.0. The molecule has 8 rings (SSSR count). The topological polar surface area (TPSA) is 193 Å². The first kappa shape index (κ1) is 55.4. The van der Waals surface area contributed by atoms with Crippen LogP contribution in [-0.4, -0.2) is 113 Å². The number of alkyl carbamates (subject to hydrolysis) is 1. The first-order valence-electron chi connectivity index (χ1n) is 27.1. The number of hydrogen-bond acceptors (Lipinski definition) is 9. The summed E-state index contributed by atoms with van der Waals surface area (Å²) in [4.78, 5) is 103. The van der Waals surface area contributed by atoms with E-state index in [4.69, 9.17) is 9.47 Å². The highest BCUT2D eigenvalue weighted by Gasteiger charge is 2.43. The number of nitrogens with zero attached hydrogens (tertiary/aromatic N) is 2. The van der Waals surface area contributed by atoms with Gasteiger partial charge in [-0.15, -0.1) is 0 Å². The van der Waals surface area contributed by atoms with Crippen LogP contribution in [0.4, 0.5) is 4.79 Å². The van der Waals surface area contributed by atoms with Crippen LogP contribution in [0.2, 0.25) is 0 Å². The number of esters is 1. The van der Waals surface area contributed by atoms with Crippen LogP contribution in [0.15, 0.2) is 140 Å². The van der Waals surface area contributed by atoms with Crippen LogP contribution < -0.4 is 21.3 Å². The molecule has 5 aromatic rings. The molecule has 2 saturated heterocycles. The average molecular weight is 1050 g/mol. The zero-order valence-corrected chi connectivity index (χ0v) is 44.7. The molecule has 2 fully saturated rings. The van der Waals surface area contributed by atoms with Crippen molar-refractivity contribution in [2.75, 3.05) is 19.7 Å². The largest absolute Gasteiger partial charge is 0.458 e. The highest BCUT2D eigenvalue weighted by atomic mass is 16.6. The Balaban J connectivity index is 0.984. The molecule has 0 aromatic heterocycles. The lowest BCUT2D eigenvalue weighted by molar-refractivity contribution is -0.163. The molecule has 0 saturated carbocycles. The molecule has 77 heavy (non-hydrogen) atoms. The Morgan fingerprint density at radius 3 is 1.52 bits per heavy atom. The van der Waals surface area contributed by atoms with E-state index in [1.807, 2.05) is 141 Å². The number of rotatable bonds is 20. The van der Waals surface area contributed by atoms with Crippen LogP contribution in [0, 0.1) is 5.92 Å². The molecule has 5 aromatic carbocycles. The molecule has 6 amide bonds. The fourth-order valence-electron chi connectivity index (χ4n) is 10.8. The third-order valence-electron chi connectivity index (χ3n) is 14.9. The van der Waals surface area contributed by atoms with Crippen LogP contribution in [0.3, 0.4) is 0 Å². The zero-order chi connectivity index (χ0) is 54.6. The Morgan fingerprint density at radius 2 is 1.01 bits per heavy atom. The van der Waals surface area contributed by atoms with Gasteiger partial charge in [-0.05, 0) is 91.3 Å². The Labute approximate surface area is 451 Å². The van der Waals surface area contributed by atoms with Gasteiger partial charge in [0, 0.05) is 38.3 Å². The second-order valence-electron chi connectivity index (χ2n) is 21.5. The van der Waals surface area contributed by atoms with E-state index < -0.39 is 89.4 Å². The molecule has 15 nitrogen and oxygen atoms in total. The molecule has 2 heterocycles. The summed E-state index contributed by atoms with van der Waals surface area (Å²) in [6, 6.07) is 37.5. The smallest absolute Gasteiger partial charge is 0.407 e. The first-order valence-corrected chi connectivity index (χ1v) is 27.1. The van der Waals surface area contributed by atoms with Crippen molar-refractivity contribution in [3.8, 4) is 11.1 Å². The van der Waals surface area contributed by atoms with Crippen molar-refractivity contribution in [3.05, 3.63) is 167 Å². The summed E-state index contributed by atoms with van der Waals surface area (Å²) in [5.74, 6) is -3.82. The van der Waals surface area contributed by atoms with Gasteiger partial charge in [-0.25, -0.2) is 9.59 Å². The minimum absolute atomic E-state index is 0.0482. The second kappa shape index (κ2) is 25.4. The maximum Gasteiger partial charge on any atom is 0.407 e. The van der Waals surface area contributed by atoms with Gasteiger partial charge in [0.1, 0.15) is 48.5 Å². The Morgan fingerprint density at radius 1 is 0.558 bits per heavy atom. The maximum atomic E-state index is 14.8. The van der Waals surface area contributed by atoms with E-state index in [0.717, 1.165) is 38.9 Å². The molecular formula is C62H72N6O9. The van der Waals surface area contributed by atoms with E-state index >= 15 is 0 Å². The Kier molecular flexibility index (Phi) is 18.2. The van der Waals surface area contributed by atoms with Crippen molar-refractivity contribution >= 4 is 41.6 Å². The van der Waals surface area contributed by atoms with E-state index in [0.29, 0.717) is 38.6 Å². The first-order chi connectivity index (χ1) is 37.1. The Hall–Kier alpha value is -7.81. The molecule has 404 valence electrons. The van der Waals surface area contributed by atoms with Gasteiger partial charge in [-0.2, -0.15) is 0 Å². The lowest BCUT2D eigenvalue weighted by Crippen LogP contribution is -2.61. The molecule has 3 aliphatic rings. The molecular weight excluding hydrogens is 973 g/mol. The predicted molar refractivity (Wildman–Crippen MR) is 293 cm³/mol. The summed E-state index contributed by atoms with van der Waals surface area (Å²) in [7, 11) is 0. The van der Waals surface area contributed by atoms with E-state index in [1.165, 1.54) is 9.80 Å². The summed E-state index contributed by atoms with van der Waals surface area (Å²) in [6.45, 7) is 9.62. The fourth-order valence-corrected chi connectivity index (χ4v) is 10.8. The summed E-state index contributed by atoms with van der Waals surface area (Å²) < 4.78 is 11.6. The molecule has 2 aliphatic heterocycles. The fraction of sp³-hybridized carbons (Fsp3) is 0.403. The van der Waals surface area contributed by atoms with Crippen LogP contribution in [0.25, 0.3) is 11.1 Å². The minimum atomic E-state index is -1.19. The second-order valence-corrected chi connectivity index (χ2v) is 21.5. The molecule has 0 unspecified atom stereocenters. The minimum Gasteiger partial charge on any atom is -0.458 e. The number of hydrogen-bond donors (Lipinski definition) is 4. The summed E-state index contributed by atoms with van der Waals surface area (Å²) in [5, 5.41) is 11.7. The number of carbonyl (C=O) groups is 7. The zero-order valence-electron chi connectivity index (χ0n) is 44.7. The lowest BCUT2D eigenvalue weighted by Gasteiger charge is -2.32. The van der Waals surface area contributed by atoms with Gasteiger partial charge in [-0.3, -0.25) is 24.0 Å². The highest BCUT2D eigenvalue weighted by molar-refractivity contribution is 5.97. The molecule has 7 atom stereocenters. The lowest BCUT2D eigenvalue weighted by atomic mass is 9.96. The van der Waals surface area contributed by atoms with Crippen molar-refractivity contribution in [2.45, 2.75) is 134 Å². The monoisotopic (exact) mass is 1040 g/mol. The van der Waals surface area contributed by atoms with Crippen LogP contribution >= 0.6 is 0 Å². The maximum absolute atomic E-state index is 14.8. The number of fused-ring (bicyclic) bond motifs is 3. The van der Waals surface area contributed by atoms with E-state index in [-0.39, 0.29) is 38.3 Å². The Bertz CT molecular complexity index is 2830. The number of carbonyl (C=O) groups excluding carboxylic acids is 7. The highest BCUT2D eigenvalue weighted by Crippen LogP contribution is 2.44. The number of amides is 6. The van der Waals surface area contributed by atoms with Gasteiger partial charge in [0.25, 0.3) is 0 Å². The standard InChI is InChI=1S/C62H72N6O9/c1-6-40(2)54(57(71)64-50(37-42-24-12-8-13-25-42)58(72)68-35-21-33-53(68)60(74)77-62(3,4)5)66-55(69)49(36-41-22-10-7-11-23-41)63-56(70)52-32-20-34-67(52)59(73)51(38-43-26-14-9-15-27-43)65-61(75)76-39-48-46-30-18-16-28-44(46)45-29-17-19-31-47(45)48/h7-19,22-31,40,48-54H,6,20-21,32-39H2,1-5H3,(H,63,70)(H,64,71)(H,65,75)(H,66,69)/t40-,49-,50-,51-,52-,53-,54-/m0/s1. The summed E-state index contributed by atoms with van der Waals surface area (Å²) in [5.41, 5.74) is 5.83. The molecule has 15 heteroatoms. The van der Waals surface area contributed by atoms with E-state index in [1.54, 1.807) is 20.8 Å². The van der Waals surface area contributed by atoms with E-state index in [9.17, 15) is 33.6 Å². The van der Waals surface area contributed by atoms with Gasteiger partial charge >= 0.3 is 12.1 Å². The molecule has 0 radical (unpaired) electrons. The van der Waals surface area contributed by atoms with Crippen LogP contribution in [-0.2, 0) is 57.5 Å². The van der Waals surface area contributed by atoms with Crippen molar-refractivity contribution in [1.29, 1.82) is 0 Å². The van der Waals surface area contributed by atoms with Gasteiger partial charge < -0.3 is 40.5 Å². The summed E-state index contributed by atoms with van der Waals surface area (Å²) >= 11 is 0. The number of likely N-dealkylation sites (tertiary alicyclic amines) is 2. The number of ether oxygens (including phenoxy) is 2. The molecule has 0 bridgehead atoms. The van der Waals surface area contributed by atoms with Gasteiger partial charge in [0.05, 0.1) is 0 Å². The predicted octanol–water partition coefficient (Wildman–Crippen LogP) is 7.45. The van der Waals surface area contributed by atoms with Crippen LogP contribution in [0.1, 0.15) is 100 Å². The van der Waals surface area contributed by atoms with Crippen molar-refractivity contribution in [3.63, 3.8) is 0 Å². The van der Waals surface area contributed by atoms with E-state index in [2.05, 4.69) is 33.4 Å². The van der Waals surface area contributed by atoms with Crippen molar-refractivity contribution < 1.29 is 43.0 Å². The average Bonchev–Trinajstić information content (AvgIpc) is 4.20. The van der Waals surface area contributed by atoms with Gasteiger partial charge in [0.15, 0.2) is 0 Å². The molecule has 0 spiro atoms. The van der Waals surface area contributed by atoms with Crippen molar-refractivity contribution in [1.82, 2.24) is 31.1 Å². The van der Waals surface area contributed by atoms with Gasteiger partial charge in [0.2, 0.25) is 29.5 Å². The normalized spacial score (nSPS) is 17.9. The molecule has 4 N–H and O–H groups in total.